The van der Waals surface area contributed by atoms with Crippen LogP contribution in [0.2, 0.25) is 0 Å². The monoisotopic (exact) mass is 1450 g/mol. The van der Waals surface area contributed by atoms with Gasteiger partial charge in [0.15, 0.2) is 12.2 Å². The predicted octanol–water partition coefficient (Wildman–Crippen LogP) is 23.9. The highest BCUT2D eigenvalue weighted by molar-refractivity contribution is 7.47. The molecule has 0 rings (SSSR count). The molecule has 0 aliphatic rings. The number of hydrogen-bond acceptors (Lipinski definition) is 15. The van der Waals surface area contributed by atoms with Gasteiger partial charge in [0.1, 0.15) is 19.3 Å². The quantitative estimate of drug-likeness (QED) is 0.0222. The van der Waals surface area contributed by atoms with Crippen LogP contribution in [0.3, 0.4) is 0 Å². The van der Waals surface area contributed by atoms with Crippen LogP contribution in [0.15, 0.2) is 0 Å². The normalized spacial score (nSPS) is 14.5. The summed E-state index contributed by atoms with van der Waals surface area (Å²) in [6.45, 7) is 9.74. The molecule has 0 aromatic rings. The fourth-order valence-electron chi connectivity index (χ4n) is 12.3. The number of aliphatic hydroxyl groups excluding tert-OH is 1. The highest BCUT2D eigenvalue weighted by atomic mass is 31.2. The van der Waals surface area contributed by atoms with E-state index >= 15 is 0 Å². The van der Waals surface area contributed by atoms with Crippen LogP contribution in [-0.4, -0.2) is 96.7 Å². The highest BCUT2D eigenvalue weighted by Gasteiger charge is 2.30. The first-order valence-corrected chi connectivity index (χ1v) is 44.6. The van der Waals surface area contributed by atoms with E-state index in [1.807, 2.05) is 0 Å². The summed E-state index contributed by atoms with van der Waals surface area (Å²) >= 11 is 0. The number of phosphoric ester groups is 2. The molecule has 0 heterocycles. The zero-order valence-corrected chi connectivity index (χ0v) is 66.6. The summed E-state index contributed by atoms with van der Waals surface area (Å²) in [5, 5.41) is 10.6. The first-order valence-electron chi connectivity index (χ1n) is 41.6. The maximum atomic E-state index is 13.1. The second-order valence-corrected chi connectivity index (χ2v) is 32.2. The molecule has 0 spiro atoms. The van der Waals surface area contributed by atoms with Gasteiger partial charge in [-0.2, -0.15) is 0 Å². The van der Waals surface area contributed by atoms with Crippen molar-refractivity contribution in [3.63, 3.8) is 0 Å². The molecule has 7 atom stereocenters. The smallest absolute Gasteiger partial charge is 0.462 e. The van der Waals surface area contributed by atoms with Gasteiger partial charge in [-0.25, -0.2) is 9.13 Å². The lowest BCUT2D eigenvalue weighted by Gasteiger charge is -2.21. The first-order chi connectivity index (χ1) is 47.9. The van der Waals surface area contributed by atoms with Gasteiger partial charge in [-0.05, 0) is 37.5 Å². The molecule has 588 valence electrons. The van der Waals surface area contributed by atoms with Crippen LogP contribution in [0.25, 0.3) is 0 Å². The molecule has 0 radical (unpaired) electrons. The topological polar surface area (TPSA) is 237 Å². The van der Waals surface area contributed by atoms with Gasteiger partial charge in [-0.1, -0.05) is 369 Å². The predicted molar refractivity (Wildman–Crippen MR) is 405 cm³/mol. The highest BCUT2D eigenvalue weighted by Crippen LogP contribution is 2.45. The number of carbonyl (C=O) groups excluding carboxylic acids is 4. The van der Waals surface area contributed by atoms with Crippen molar-refractivity contribution in [2.75, 3.05) is 39.6 Å². The molecule has 0 aromatic carbocycles. The lowest BCUT2D eigenvalue weighted by atomic mass is 9.99. The van der Waals surface area contributed by atoms with Gasteiger partial charge in [0.25, 0.3) is 0 Å². The Morgan fingerprint density at radius 2 is 0.485 bits per heavy atom. The Bertz CT molecular complexity index is 1910. The summed E-state index contributed by atoms with van der Waals surface area (Å²) in [7, 11) is -9.92. The largest absolute Gasteiger partial charge is 0.472 e. The number of carbonyl (C=O) groups is 4. The molecule has 99 heavy (non-hydrogen) atoms. The molecule has 0 aliphatic carbocycles. The van der Waals surface area contributed by atoms with E-state index in [1.165, 1.54) is 238 Å². The van der Waals surface area contributed by atoms with Gasteiger partial charge in [-0.15, -0.1) is 0 Å². The van der Waals surface area contributed by atoms with E-state index in [-0.39, 0.29) is 25.7 Å². The van der Waals surface area contributed by atoms with Crippen molar-refractivity contribution in [2.45, 2.75) is 439 Å². The van der Waals surface area contributed by atoms with Crippen molar-refractivity contribution < 1.29 is 80.2 Å². The molecule has 0 amide bonds. The van der Waals surface area contributed by atoms with Crippen LogP contribution in [-0.2, 0) is 65.4 Å². The van der Waals surface area contributed by atoms with Crippen molar-refractivity contribution in [3.05, 3.63) is 0 Å². The molecule has 3 N–H and O–H groups in total. The summed E-state index contributed by atoms with van der Waals surface area (Å²) in [6.07, 6.45) is 60.7. The van der Waals surface area contributed by atoms with Gasteiger partial charge in [0, 0.05) is 25.7 Å². The number of aliphatic hydroxyl groups is 1. The molecular formula is C80H156O17P2. The third-order valence-electron chi connectivity index (χ3n) is 19.4. The summed E-state index contributed by atoms with van der Waals surface area (Å²) in [6, 6.07) is 0. The fourth-order valence-corrected chi connectivity index (χ4v) is 13.9. The minimum Gasteiger partial charge on any atom is -0.462 e. The van der Waals surface area contributed by atoms with Gasteiger partial charge >= 0.3 is 39.5 Å². The Morgan fingerprint density at radius 1 is 0.283 bits per heavy atom. The molecule has 4 unspecified atom stereocenters. The minimum absolute atomic E-state index is 0.108. The van der Waals surface area contributed by atoms with E-state index in [4.69, 9.17) is 37.0 Å². The Kier molecular flexibility index (Phi) is 70.3. The molecule has 17 nitrogen and oxygen atoms in total. The second kappa shape index (κ2) is 71.7. The van der Waals surface area contributed by atoms with Crippen LogP contribution in [0.4, 0.5) is 0 Å². The van der Waals surface area contributed by atoms with Gasteiger partial charge in [0.2, 0.25) is 0 Å². The molecule has 0 bridgehead atoms. The summed E-state index contributed by atoms with van der Waals surface area (Å²) in [4.78, 5) is 73.0. The third kappa shape index (κ3) is 71.5. The minimum atomic E-state index is -4.96. The third-order valence-corrected chi connectivity index (χ3v) is 21.3. The summed E-state index contributed by atoms with van der Waals surface area (Å²) in [5.41, 5.74) is 0. The fraction of sp³-hybridized carbons (Fsp3) is 0.950. The maximum Gasteiger partial charge on any atom is 0.472 e. The number of esters is 4. The van der Waals surface area contributed by atoms with Crippen molar-refractivity contribution in [1.82, 2.24) is 0 Å². The molecule has 0 aromatic heterocycles. The van der Waals surface area contributed by atoms with Crippen LogP contribution in [0.1, 0.15) is 420 Å². The Morgan fingerprint density at radius 3 is 0.717 bits per heavy atom. The Labute approximate surface area is 607 Å². The Balaban J connectivity index is 5.24. The van der Waals surface area contributed by atoms with Gasteiger partial charge in [0.05, 0.1) is 26.4 Å². The number of hydrogen-bond donors (Lipinski definition) is 3. The summed E-state index contributed by atoms with van der Waals surface area (Å²) < 4.78 is 68.7. The van der Waals surface area contributed by atoms with Crippen molar-refractivity contribution in [1.29, 1.82) is 0 Å². The van der Waals surface area contributed by atoms with Crippen molar-refractivity contribution in [3.8, 4) is 0 Å². The van der Waals surface area contributed by atoms with Crippen molar-refractivity contribution in [2.24, 2.45) is 11.8 Å². The van der Waals surface area contributed by atoms with E-state index in [0.29, 0.717) is 25.7 Å². The molecule has 0 aliphatic heterocycles. The maximum absolute atomic E-state index is 13.1. The lowest BCUT2D eigenvalue weighted by Crippen LogP contribution is -2.30. The molecular weight excluding hydrogens is 1290 g/mol. The average molecular weight is 1450 g/mol. The van der Waals surface area contributed by atoms with E-state index in [1.54, 1.807) is 0 Å². The summed E-state index contributed by atoms with van der Waals surface area (Å²) in [5.74, 6) is -0.412. The zero-order chi connectivity index (χ0) is 72.8. The molecule has 0 fully saturated rings. The van der Waals surface area contributed by atoms with E-state index in [0.717, 1.165) is 102 Å². The van der Waals surface area contributed by atoms with Crippen LogP contribution in [0.5, 0.6) is 0 Å². The zero-order valence-electron chi connectivity index (χ0n) is 64.8. The van der Waals surface area contributed by atoms with Crippen LogP contribution in [0, 0.1) is 11.8 Å². The standard InChI is InChI=1S/C80H156O17P2/c1-7-11-13-15-17-19-21-33-40-46-52-58-64-79(84)96-75(68-90-77(82)62-56-50-44-38-30-20-18-16-14-12-8-2)70-94-98(86,87)92-66-74(81)67-93-99(88,89)95-71-76(97-80(85)65-59-53-47-41-35-29-25-23-27-32-37-43-49-55-61-73(6)10-4)69-91-78(83)63-57-51-45-39-34-28-24-22-26-31-36-42-48-54-60-72(5)9-3/h72-76,81H,7-71H2,1-6H3,(H,86,87)(H,88,89)/t72?,73?,74-,75+,76+/m0/s1. The number of ether oxygens (including phenoxy) is 4. The van der Waals surface area contributed by atoms with E-state index < -0.39 is 97.5 Å². The van der Waals surface area contributed by atoms with Gasteiger partial charge < -0.3 is 33.8 Å². The average Bonchev–Trinajstić information content (AvgIpc) is 1.01. The lowest BCUT2D eigenvalue weighted by molar-refractivity contribution is -0.161. The van der Waals surface area contributed by atoms with Crippen LogP contribution >= 0.6 is 15.6 Å². The Hall–Kier alpha value is -1.94. The van der Waals surface area contributed by atoms with Crippen molar-refractivity contribution >= 4 is 39.5 Å². The molecule has 0 saturated carbocycles. The second-order valence-electron chi connectivity index (χ2n) is 29.3. The number of phosphoric acid groups is 2. The van der Waals surface area contributed by atoms with Crippen LogP contribution < -0.4 is 0 Å². The van der Waals surface area contributed by atoms with Gasteiger partial charge in [-0.3, -0.25) is 37.3 Å². The molecule has 0 saturated heterocycles. The number of rotatable bonds is 79. The van der Waals surface area contributed by atoms with E-state index in [9.17, 15) is 43.2 Å². The molecule has 19 heteroatoms. The number of unbranched alkanes of at least 4 members (excludes halogenated alkanes) is 47. The SMILES string of the molecule is CCCCCCCCCCCCCCC(=O)O[C@H](COC(=O)CCCCCCCCCCCCC)COP(=O)(O)OC[C@H](O)COP(=O)(O)OC[C@@H](COC(=O)CCCCCCCCCCCCCCCCC(C)CC)OC(=O)CCCCCCCCCCCCCCCCC(C)CC. The van der Waals surface area contributed by atoms with E-state index in [2.05, 4.69) is 41.5 Å². The first kappa shape index (κ1) is 97.1.